The van der Waals surface area contributed by atoms with Gasteiger partial charge in [0.2, 0.25) is 5.91 Å². The molecule has 4 heteroatoms. The number of likely N-dealkylation sites (tertiary alicyclic amines) is 1. The van der Waals surface area contributed by atoms with Crippen LogP contribution in [0.3, 0.4) is 0 Å². The molecule has 30 heavy (non-hydrogen) atoms. The summed E-state index contributed by atoms with van der Waals surface area (Å²) in [4.78, 5) is 16.0. The van der Waals surface area contributed by atoms with E-state index in [4.69, 9.17) is 0 Å². The Kier molecular flexibility index (Phi) is 5.52. The van der Waals surface area contributed by atoms with Gasteiger partial charge in [-0.3, -0.25) is 4.79 Å². The Labute approximate surface area is 182 Å². The molecular formula is C26H27NO2S. The molecule has 1 saturated heterocycles. The number of carbonyl (C=O) groups excluding carboxylic acids is 1. The van der Waals surface area contributed by atoms with Crippen molar-refractivity contribution in [2.75, 3.05) is 13.1 Å². The van der Waals surface area contributed by atoms with Crippen LogP contribution in [-0.2, 0) is 4.79 Å². The first-order valence-electron chi connectivity index (χ1n) is 10.3. The van der Waals surface area contributed by atoms with E-state index in [0.29, 0.717) is 11.8 Å². The lowest BCUT2D eigenvalue weighted by Crippen LogP contribution is -2.49. The van der Waals surface area contributed by atoms with E-state index >= 15 is 0 Å². The lowest BCUT2D eigenvalue weighted by atomic mass is 9.90. The molecule has 0 atom stereocenters. The average Bonchev–Trinajstić information content (AvgIpc) is 3.09. The van der Waals surface area contributed by atoms with Crippen molar-refractivity contribution in [1.82, 2.24) is 4.90 Å². The molecule has 0 unspecified atom stereocenters. The minimum absolute atomic E-state index is 0.0103. The third kappa shape index (κ3) is 3.80. The lowest BCUT2D eigenvalue weighted by Gasteiger charge is -2.39. The minimum atomic E-state index is 0.0103. The van der Waals surface area contributed by atoms with E-state index in [2.05, 4.69) is 45.6 Å². The molecule has 1 aliphatic heterocycles. The summed E-state index contributed by atoms with van der Waals surface area (Å²) in [5, 5.41) is 12.5. The van der Waals surface area contributed by atoms with Crippen LogP contribution in [0.15, 0.2) is 60.7 Å². The van der Waals surface area contributed by atoms with Crippen LogP contribution in [0.4, 0.5) is 0 Å². The summed E-state index contributed by atoms with van der Waals surface area (Å²) < 4.78 is 0. The average molecular weight is 418 g/mol. The van der Waals surface area contributed by atoms with Gasteiger partial charge in [-0.15, -0.1) is 11.3 Å². The Morgan fingerprint density at radius 2 is 1.97 bits per heavy atom. The molecular weight excluding hydrogens is 390 g/mol. The van der Waals surface area contributed by atoms with E-state index in [1.54, 1.807) is 11.3 Å². The molecule has 154 valence electrons. The summed E-state index contributed by atoms with van der Waals surface area (Å²) in [7, 11) is 0. The summed E-state index contributed by atoms with van der Waals surface area (Å²) in [6.07, 6.45) is 3.67. The second-order valence-corrected chi connectivity index (χ2v) is 9.42. The quantitative estimate of drug-likeness (QED) is 0.485. The van der Waals surface area contributed by atoms with E-state index < -0.39 is 0 Å². The van der Waals surface area contributed by atoms with E-state index in [9.17, 15) is 9.90 Å². The van der Waals surface area contributed by atoms with Crippen LogP contribution in [0.1, 0.15) is 37.1 Å². The highest BCUT2D eigenvalue weighted by Crippen LogP contribution is 2.41. The Morgan fingerprint density at radius 3 is 2.67 bits per heavy atom. The van der Waals surface area contributed by atoms with Crippen LogP contribution < -0.4 is 0 Å². The number of hydrogen-bond acceptors (Lipinski definition) is 3. The largest absolute Gasteiger partial charge is 0.508 e. The first-order valence-corrected chi connectivity index (χ1v) is 11.1. The monoisotopic (exact) mass is 417 g/mol. The van der Waals surface area contributed by atoms with Crippen molar-refractivity contribution in [3.8, 4) is 16.2 Å². The second kappa shape index (κ2) is 8.11. The highest BCUT2D eigenvalue weighted by atomic mass is 32.1. The van der Waals surface area contributed by atoms with Crippen molar-refractivity contribution in [2.24, 2.45) is 5.92 Å². The number of rotatable bonds is 5. The third-order valence-electron chi connectivity index (χ3n) is 5.90. The fraction of sp³-hybridized carbons (Fsp3) is 0.269. The lowest BCUT2D eigenvalue weighted by molar-refractivity contribution is -0.131. The molecule has 1 fully saturated rings. The fourth-order valence-corrected chi connectivity index (χ4v) is 5.37. The smallest absolute Gasteiger partial charge is 0.245 e. The molecule has 3 nitrogen and oxygen atoms in total. The zero-order chi connectivity index (χ0) is 21.4. The Hall–Kier alpha value is -2.85. The highest BCUT2D eigenvalue weighted by molar-refractivity contribution is 7.16. The summed E-state index contributed by atoms with van der Waals surface area (Å²) in [6, 6.07) is 14.1. The van der Waals surface area contributed by atoms with Gasteiger partial charge in [-0.2, -0.15) is 0 Å². The highest BCUT2D eigenvalue weighted by Gasteiger charge is 2.30. The Morgan fingerprint density at radius 1 is 1.23 bits per heavy atom. The van der Waals surface area contributed by atoms with Crippen molar-refractivity contribution in [2.45, 2.75) is 26.7 Å². The van der Waals surface area contributed by atoms with E-state index in [0.717, 1.165) is 29.4 Å². The third-order valence-corrected chi connectivity index (χ3v) is 7.03. The van der Waals surface area contributed by atoms with Gasteiger partial charge in [0.05, 0.1) is 0 Å². The molecule has 0 saturated carbocycles. The van der Waals surface area contributed by atoms with Gasteiger partial charge in [-0.25, -0.2) is 0 Å². The van der Waals surface area contributed by atoms with Crippen molar-refractivity contribution in [3.05, 3.63) is 71.1 Å². The number of benzene rings is 2. The van der Waals surface area contributed by atoms with Crippen LogP contribution in [-0.4, -0.2) is 29.0 Å². The van der Waals surface area contributed by atoms with Crippen molar-refractivity contribution in [3.63, 3.8) is 0 Å². The molecule has 0 radical (unpaired) electrons. The van der Waals surface area contributed by atoms with Crippen molar-refractivity contribution in [1.29, 1.82) is 0 Å². The predicted molar refractivity (Wildman–Crippen MR) is 127 cm³/mol. The van der Waals surface area contributed by atoms with Gasteiger partial charge in [-0.1, -0.05) is 50.3 Å². The summed E-state index contributed by atoms with van der Waals surface area (Å²) >= 11 is 1.77. The molecule has 3 aromatic rings. The molecule has 4 rings (SSSR count). The van der Waals surface area contributed by atoms with Crippen LogP contribution in [0.25, 0.3) is 27.3 Å². The molecule has 0 bridgehead atoms. The number of thiophene rings is 1. The number of fused-ring (bicyclic) bond motifs is 1. The predicted octanol–water partition coefficient (Wildman–Crippen LogP) is 6.45. The second-order valence-electron chi connectivity index (χ2n) is 8.33. The van der Waals surface area contributed by atoms with Crippen molar-refractivity contribution >= 4 is 34.1 Å². The van der Waals surface area contributed by atoms with Gasteiger partial charge >= 0.3 is 0 Å². The van der Waals surface area contributed by atoms with Gasteiger partial charge in [0.1, 0.15) is 5.75 Å². The van der Waals surface area contributed by atoms with Crippen LogP contribution in [0, 0.1) is 5.92 Å². The van der Waals surface area contributed by atoms with Crippen LogP contribution in [0.2, 0.25) is 0 Å². The van der Waals surface area contributed by atoms with E-state index in [-0.39, 0.29) is 11.7 Å². The van der Waals surface area contributed by atoms with Gasteiger partial charge in [0.15, 0.2) is 0 Å². The summed E-state index contributed by atoms with van der Waals surface area (Å²) in [5.74, 6) is 1.10. The maximum absolute atomic E-state index is 11.7. The van der Waals surface area contributed by atoms with Crippen molar-refractivity contribution < 1.29 is 9.90 Å². The Bertz CT molecular complexity index is 1150. The maximum Gasteiger partial charge on any atom is 0.245 e. The number of amides is 1. The molecule has 1 aromatic heterocycles. The fourth-order valence-electron chi connectivity index (χ4n) is 4.01. The number of phenolic OH excluding ortho intramolecular Hbond substituents is 1. The normalized spacial score (nSPS) is 14.9. The zero-order valence-electron chi connectivity index (χ0n) is 17.7. The molecule has 1 aliphatic rings. The van der Waals surface area contributed by atoms with E-state index in [1.165, 1.54) is 27.0 Å². The van der Waals surface area contributed by atoms with Gasteiger partial charge in [0, 0.05) is 34.3 Å². The van der Waals surface area contributed by atoms with Crippen LogP contribution in [0.5, 0.6) is 5.75 Å². The number of phenols is 1. The van der Waals surface area contributed by atoms with E-state index in [1.807, 2.05) is 35.2 Å². The number of hydrogen-bond donors (Lipinski definition) is 1. The molecule has 0 aliphatic carbocycles. The summed E-state index contributed by atoms with van der Waals surface area (Å²) in [5.41, 5.74) is 3.69. The maximum atomic E-state index is 11.7. The number of nitrogens with zero attached hydrogens (tertiary/aromatic N) is 1. The molecule has 2 aromatic carbocycles. The number of aromatic hydroxyl groups is 1. The SMILES string of the molecule is C=CC(=O)N1CC(/C(C)=C/c2sc(-c3cc(O)cc4ccccc34)cc2C(C)C)C1. The molecule has 1 amide bonds. The standard InChI is InChI=1S/C26H27NO2S/c1-5-26(29)27-14-19(15-27)17(4)10-24-22(16(2)3)13-25(30-24)23-12-20(28)11-18-8-6-7-9-21(18)23/h5-13,16,19,28H,1,14-15H2,2-4H3/b17-10+. The zero-order valence-corrected chi connectivity index (χ0v) is 18.5. The molecule has 2 heterocycles. The molecule has 0 spiro atoms. The topological polar surface area (TPSA) is 40.5 Å². The minimum Gasteiger partial charge on any atom is -0.508 e. The molecule has 1 N–H and O–H groups in total. The summed E-state index contributed by atoms with van der Waals surface area (Å²) in [6.45, 7) is 11.7. The van der Waals surface area contributed by atoms with Crippen LogP contribution >= 0.6 is 11.3 Å². The first kappa shape index (κ1) is 20.4. The van der Waals surface area contributed by atoms with Gasteiger partial charge in [0.25, 0.3) is 0 Å². The van der Waals surface area contributed by atoms with Gasteiger partial charge < -0.3 is 10.0 Å². The first-order chi connectivity index (χ1) is 14.4. The number of carbonyl (C=O) groups is 1. The Balaban J connectivity index is 1.70. The van der Waals surface area contributed by atoms with Gasteiger partial charge in [-0.05, 0) is 59.5 Å².